The van der Waals surface area contributed by atoms with Crippen LogP contribution in [-0.2, 0) is 19.1 Å². The molecule has 10 nitrogen and oxygen atoms in total. The first-order valence-corrected chi connectivity index (χ1v) is 9.03. The van der Waals surface area contributed by atoms with Crippen molar-refractivity contribution in [2.24, 2.45) is 11.8 Å². The van der Waals surface area contributed by atoms with Crippen LogP contribution in [-0.4, -0.2) is 57.6 Å². The van der Waals surface area contributed by atoms with E-state index in [1.54, 1.807) is 41.5 Å². The van der Waals surface area contributed by atoms with Gasteiger partial charge in [0.25, 0.3) is 0 Å². The highest BCUT2D eigenvalue weighted by molar-refractivity contribution is 5.78. The summed E-state index contributed by atoms with van der Waals surface area (Å²) in [5.41, 5.74) is -1.09. The van der Waals surface area contributed by atoms with Gasteiger partial charge in [-0.05, 0) is 54.4 Å². The summed E-state index contributed by atoms with van der Waals surface area (Å²) in [6.45, 7) is 10.5. The third-order valence-electron chi connectivity index (χ3n) is 3.62. The van der Waals surface area contributed by atoms with Crippen LogP contribution in [0.2, 0.25) is 0 Å². The average Bonchev–Trinajstić information content (AvgIpc) is 3.30. The molecule has 4 N–H and O–H groups in total. The normalized spacial score (nSPS) is 25.4. The van der Waals surface area contributed by atoms with Crippen molar-refractivity contribution in [1.82, 2.24) is 10.6 Å². The van der Waals surface area contributed by atoms with E-state index in [2.05, 4.69) is 10.6 Å². The summed E-state index contributed by atoms with van der Waals surface area (Å²) in [7, 11) is 0. The molecule has 0 aromatic heterocycles. The van der Waals surface area contributed by atoms with E-state index in [0.29, 0.717) is 12.8 Å². The SMILES string of the molecule is CC(C)(C)OC(=O)N[C@@H]1C[C@H]1C(=O)O.CC(C)(C)OC(=O)N[C@H]1C[C@@H]1C(=O)O. The van der Waals surface area contributed by atoms with E-state index in [4.69, 9.17) is 19.7 Å². The lowest BCUT2D eigenvalue weighted by molar-refractivity contribution is -0.139. The van der Waals surface area contributed by atoms with E-state index in [9.17, 15) is 19.2 Å². The summed E-state index contributed by atoms with van der Waals surface area (Å²) in [5.74, 6) is -2.62. The van der Waals surface area contributed by atoms with Gasteiger partial charge in [-0.1, -0.05) is 0 Å². The van der Waals surface area contributed by atoms with Gasteiger partial charge in [0.15, 0.2) is 0 Å². The van der Waals surface area contributed by atoms with Crippen LogP contribution in [0, 0.1) is 11.8 Å². The molecule has 0 aromatic rings. The van der Waals surface area contributed by atoms with Crippen LogP contribution in [0.3, 0.4) is 0 Å². The number of carbonyl (C=O) groups is 4. The maximum atomic E-state index is 11.2. The Kier molecular flexibility index (Phi) is 7.27. The predicted octanol–water partition coefficient (Wildman–Crippen LogP) is 1.97. The Labute approximate surface area is 163 Å². The monoisotopic (exact) mass is 402 g/mol. The number of carbonyl (C=O) groups excluding carboxylic acids is 2. The van der Waals surface area contributed by atoms with Crippen molar-refractivity contribution >= 4 is 24.1 Å². The standard InChI is InChI=1S/2C9H15NO4/c2*1-9(2,3)14-8(13)10-6-4-5(6)7(11)12/h2*5-6H,4H2,1-3H3,(H,10,13)(H,11,12)/t2*5-,6-/m10/s1. The second kappa shape index (κ2) is 8.66. The Bertz CT molecular complexity index is 566. The molecule has 0 spiro atoms. The van der Waals surface area contributed by atoms with Crippen molar-refractivity contribution in [2.75, 3.05) is 0 Å². The molecule has 0 saturated heterocycles. The Morgan fingerprint density at radius 1 is 0.714 bits per heavy atom. The van der Waals surface area contributed by atoms with Gasteiger partial charge in [-0.2, -0.15) is 0 Å². The van der Waals surface area contributed by atoms with Gasteiger partial charge in [-0.15, -0.1) is 0 Å². The van der Waals surface area contributed by atoms with E-state index < -0.39 is 47.2 Å². The Morgan fingerprint density at radius 2 is 1.00 bits per heavy atom. The Balaban J connectivity index is 0.000000280. The molecule has 0 heterocycles. The van der Waals surface area contributed by atoms with Crippen LogP contribution in [0.1, 0.15) is 54.4 Å². The van der Waals surface area contributed by atoms with Gasteiger partial charge in [-0.3, -0.25) is 9.59 Å². The lowest BCUT2D eigenvalue weighted by Gasteiger charge is -2.19. The molecule has 2 rings (SSSR count). The Hall–Kier alpha value is -2.52. The van der Waals surface area contributed by atoms with Crippen LogP contribution in [0.25, 0.3) is 0 Å². The fourth-order valence-corrected chi connectivity index (χ4v) is 2.17. The van der Waals surface area contributed by atoms with E-state index in [1.807, 2.05) is 0 Å². The zero-order valence-electron chi connectivity index (χ0n) is 17.1. The minimum absolute atomic E-state index is 0.262. The van der Waals surface area contributed by atoms with E-state index in [1.165, 1.54) is 0 Å². The van der Waals surface area contributed by atoms with Gasteiger partial charge >= 0.3 is 24.1 Å². The maximum Gasteiger partial charge on any atom is 0.407 e. The second-order valence-corrected chi connectivity index (χ2v) is 8.87. The summed E-state index contributed by atoms with van der Waals surface area (Å²) in [6.07, 6.45) is -0.110. The van der Waals surface area contributed by atoms with Gasteiger partial charge in [0.05, 0.1) is 11.8 Å². The number of nitrogens with one attached hydrogen (secondary N) is 2. The minimum atomic E-state index is -0.869. The number of ether oxygens (including phenoxy) is 2. The lowest BCUT2D eigenvalue weighted by atomic mass is 10.2. The summed E-state index contributed by atoms with van der Waals surface area (Å²) < 4.78 is 9.95. The van der Waals surface area contributed by atoms with Gasteiger partial charge in [0.1, 0.15) is 11.2 Å². The molecule has 2 aliphatic rings. The fraction of sp³-hybridized carbons (Fsp3) is 0.778. The van der Waals surface area contributed by atoms with Crippen LogP contribution < -0.4 is 10.6 Å². The number of alkyl carbamates (subject to hydrolysis) is 2. The molecule has 2 aliphatic carbocycles. The van der Waals surface area contributed by atoms with Gasteiger partial charge in [0, 0.05) is 12.1 Å². The molecule has 0 unspecified atom stereocenters. The highest BCUT2D eigenvalue weighted by Gasteiger charge is 2.45. The van der Waals surface area contributed by atoms with Crippen LogP contribution in [0.4, 0.5) is 9.59 Å². The zero-order valence-corrected chi connectivity index (χ0v) is 17.1. The first kappa shape index (κ1) is 23.5. The molecular formula is C18H30N2O8. The summed E-state index contributed by atoms with van der Waals surface area (Å²) >= 11 is 0. The quantitative estimate of drug-likeness (QED) is 0.557. The highest BCUT2D eigenvalue weighted by atomic mass is 16.6. The third-order valence-corrected chi connectivity index (χ3v) is 3.62. The molecule has 4 atom stereocenters. The van der Waals surface area contributed by atoms with Crippen LogP contribution in [0.5, 0.6) is 0 Å². The molecule has 0 aromatic carbocycles. The molecule has 2 amide bonds. The molecule has 160 valence electrons. The summed E-state index contributed by atoms with van der Waals surface area (Å²) in [5, 5.41) is 22.2. The number of carboxylic acids is 2. The molecule has 2 fully saturated rings. The predicted molar refractivity (Wildman–Crippen MR) is 97.8 cm³/mol. The van der Waals surface area contributed by atoms with Crippen molar-refractivity contribution < 1.29 is 38.9 Å². The topological polar surface area (TPSA) is 151 Å². The first-order valence-electron chi connectivity index (χ1n) is 9.03. The maximum absolute atomic E-state index is 11.2. The smallest absolute Gasteiger partial charge is 0.407 e. The molecular weight excluding hydrogens is 372 g/mol. The third kappa shape index (κ3) is 9.43. The zero-order chi connectivity index (χ0) is 21.9. The largest absolute Gasteiger partial charge is 0.481 e. The number of hydrogen-bond acceptors (Lipinski definition) is 6. The second-order valence-electron chi connectivity index (χ2n) is 8.87. The fourth-order valence-electron chi connectivity index (χ4n) is 2.17. The van der Waals surface area contributed by atoms with Crippen molar-refractivity contribution in [3.8, 4) is 0 Å². The molecule has 0 radical (unpaired) electrons. The van der Waals surface area contributed by atoms with Gasteiger partial charge in [0.2, 0.25) is 0 Å². The molecule has 10 heteroatoms. The number of carboxylic acid groups (broad SMARTS) is 2. The lowest BCUT2D eigenvalue weighted by Crippen LogP contribution is -2.34. The summed E-state index contributed by atoms with van der Waals surface area (Å²) in [4.78, 5) is 43.2. The number of hydrogen-bond donors (Lipinski definition) is 4. The van der Waals surface area contributed by atoms with Crippen LogP contribution >= 0.6 is 0 Å². The first-order chi connectivity index (χ1) is 12.6. The average molecular weight is 402 g/mol. The van der Waals surface area contributed by atoms with E-state index in [0.717, 1.165) is 0 Å². The molecule has 28 heavy (non-hydrogen) atoms. The summed E-state index contributed by atoms with van der Waals surface area (Å²) in [6, 6.07) is -0.523. The number of aliphatic carboxylic acids is 2. The van der Waals surface area contributed by atoms with Gasteiger partial charge in [-0.25, -0.2) is 9.59 Å². The van der Waals surface area contributed by atoms with Gasteiger partial charge < -0.3 is 30.3 Å². The molecule has 0 bridgehead atoms. The highest BCUT2D eigenvalue weighted by Crippen LogP contribution is 2.31. The van der Waals surface area contributed by atoms with Crippen LogP contribution in [0.15, 0.2) is 0 Å². The minimum Gasteiger partial charge on any atom is -0.481 e. The number of amides is 2. The van der Waals surface area contributed by atoms with Crippen molar-refractivity contribution in [1.29, 1.82) is 0 Å². The van der Waals surface area contributed by atoms with Crippen molar-refractivity contribution in [3.05, 3.63) is 0 Å². The molecule has 2 saturated carbocycles. The van der Waals surface area contributed by atoms with Crippen molar-refractivity contribution in [3.63, 3.8) is 0 Å². The van der Waals surface area contributed by atoms with E-state index in [-0.39, 0.29) is 12.1 Å². The number of rotatable bonds is 4. The molecule has 0 aliphatic heterocycles. The van der Waals surface area contributed by atoms with Crippen molar-refractivity contribution in [2.45, 2.75) is 77.7 Å². The van der Waals surface area contributed by atoms with E-state index >= 15 is 0 Å². The Morgan fingerprint density at radius 3 is 1.18 bits per heavy atom.